The molecule has 1 rings (SSSR count). The Balaban J connectivity index is 2.36. The fourth-order valence-electron chi connectivity index (χ4n) is 1.67. The van der Waals surface area contributed by atoms with Crippen molar-refractivity contribution in [3.05, 3.63) is 0 Å². The number of hydrogen-bond acceptors (Lipinski definition) is 3. The topological polar surface area (TPSA) is 92.4 Å². The van der Waals surface area contributed by atoms with Gasteiger partial charge in [-0.25, -0.2) is 0 Å². The van der Waals surface area contributed by atoms with E-state index in [0.29, 0.717) is 12.8 Å². The second-order valence-corrected chi connectivity index (χ2v) is 3.84. The minimum absolute atomic E-state index is 0.0189. The number of hydrogen-bond donors (Lipinski definition) is 3. The molecule has 14 heavy (non-hydrogen) atoms. The van der Waals surface area contributed by atoms with Gasteiger partial charge in [0.25, 0.3) is 0 Å². The van der Waals surface area contributed by atoms with Crippen molar-refractivity contribution >= 4 is 11.9 Å². The van der Waals surface area contributed by atoms with E-state index in [0.717, 1.165) is 6.42 Å². The molecular weight excluding hydrogens is 184 g/mol. The Kier molecular flexibility index (Phi) is 3.46. The molecule has 0 spiro atoms. The summed E-state index contributed by atoms with van der Waals surface area (Å²) >= 11 is 0. The van der Waals surface area contributed by atoms with E-state index in [1.54, 1.807) is 6.92 Å². The molecule has 0 bridgehead atoms. The van der Waals surface area contributed by atoms with E-state index in [1.165, 1.54) is 0 Å². The van der Waals surface area contributed by atoms with Gasteiger partial charge in [-0.2, -0.15) is 0 Å². The zero-order valence-corrected chi connectivity index (χ0v) is 8.19. The molecule has 4 N–H and O–H groups in total. The van der Waals surface area contributed by atoms with Crippen molar-refractivity contribution in [3.63, 3.8) is 0 Å². The number of aliphatic carboxylic acids is 1. The lowest BCUT2D eigenvalue weighted by Gasteiger charge is -2.13. The quantitative estimate of drug-likeness (QED) is 0.583. The van der Waals surface area contributed by atoms with Gasteiger partial charge in [0.1, 0.15) is 0 Å². The summed E-state index contributed by atoms with van der Waals surface area (Å²) in [6, 6.07) is -0.548. The van der Waals surface area contributed by atoms with Crippen molar-refractivity contribution < 1.29 is 14.7 Å². The largest absolute Gasteiger partial charge is 0.481 e. The molecule has 0 aromatic rings. The van der Waals surface area contributed by atoms with Crippen LogP contribution in [0.15, 0.2) is 0 Å². The van der Waals surface area contributed by atoms with E-state index in [2.05, 4.69) is 5.32 Å². The molecule has 0 unspecified atom stereocenters. The van der Waals surface area contributed by atoms with Gasteiger partial charge >= 0.3 is 5.97 Å². The zero-order chi connectivity index (χ0) is 10.7. The summed E-state index contributed by atoms with van der Waals surface area (Å²) in [7, 11) is 0. The minimum atomic E-state index is -0.775. The maximum absolute atomic E-state index is 11.2. The molecule has 5 nitrogen and oxygen atoms in total. The molecule has 0 saturated heterocycles. The van der Waals surface area contributed by atoms with Crippen molar-refractivity contribution in [2.45, 2.75) is 38.3 Å². The first kappa shape index (κ1) is 11.0. The third kappa shape index (κ3) is 2.70. The molecular formula is C9H16N2O3. The number of rotatable bonds is 3. The highest BCUT2D eigenvalue weighted by Crippen LogP contribution is 2.25. The smallest absolute Gasteiger partial charge is 0.306 e. The van der Waals surface area contributed by atoms with E-state index in [-0.39, 0.29) is 17.9 Å². The van der Waals surface area contributed by atoms with Crippen LogP contribution < -0.4 is 11.1 Å². The lowest BCUT2D eigenvalue weighted by molar-refractivity contribution is -0.141. The molecule has 1 amide bonds. The summed E-state index contributed by atoms with van der Waals surface area (Å²) in [5.41, 5.74) is 5.38. The highest BCUT2D eigenvalue weighted by molar-refractivity contribution is 5.81. The van der Waals surface area contributed by atoms with Gasteiger partial charge in [-0.15, -0.1) is 0 Å². The van der Waals surface area contributed by atoms with Crippen LogP contribution in [0.2, 0.25) is 0 Å². The first-order valence-electron chi connectivity index (χ1n) is 4.79. The van der Waals surface area contributed by atoms with Crippen molar-refractivity contribution in [2.24, 2.45) is 11.7 Å². The Morgan fingerprint density at radius 2 is 2.14 bits per heavy atom. The SMILES string of the molecule is C[C@@H](N)C(=O)N[C@H]1CC[C@@H](C(=O)O)C1. The molecule has 1 aliphatic carbocycles. The van der Waals surface area contributed by atoms with E-state index in [4.69, 9.17) is 10.8 Å². The van der Waals surface area contributed by atoms with Crippen LogP contribution in [0.25, 0.3) is 0 Å². The van der Waals surface area contributed by atoms with Crippen molar-refractivity contribution in [3.8, 4) is 0 Å². The molecule has 3 atom stereocenters. The summed E-state index contributed by atoms with van der Waals surface area (Å²) in [6.45, 7) is 1.61. The predicted molar refractivity (Wildman–Crippen MR) is 50.6 cm³/mol. The monoisotopic (exact) mass is 200 g/mol. The van der Waals surface area contributed by atoms with Crippen molar-refractivity contribution in [2.75, 3.05) is 0 Å². The highest BCUT2D eigenvalue weighted by Gasteiger charge is 2.30. The number of carbonyl (C=O) groups excluding carboxylic acids is 1. The maximum atomic E-state index is 11.2. The van der Waals surface area contributed by atoms with Gasteiger partial charge < -0.3 is 16.2 Å². The van der Waals surface area contributed by atoms with Gasteiger partial charge in [-0.1, -0.05) is 0 Å². The van der Waals surface area contributed by atoms with Gasteiger partial charge in [0.2, 0.25) is 5.91 Å². The van der Waals surface area contributed by atoms with Crippen LogP contribution in [0.3, 0.4) is 0 Å². The Labute approximate surface area is 82.7 Å². The molecule has 1 saturated carbocycles. The molecule has 1 aliphatic rings. The molecule has 80 valence electrons. The van der Waals surface area contributed by atoms with E-state index < -0.39 is 12.0 Å². The van der Waals surface area contributed by atoms with E-state index in [9.17, 15) is 9.59 Å². The Hall–Kier alpha value is -1.10. The fraction of sp³-hybridized carbons (Fsp3) is 0.778. The van der Waals surface area contributed by atoms with Crippen LogP contribution in [-0.4, -0.2) is 29.1 Å². The number of carboxylic acids is 1. The van der Waals surface area contributed by atoms with Crippen LogP contribution in [0.5, 0.6) is 0 Å². The lowest BCUT2D eigenvalue weighted by atomic mass is 10.1. The second kappa shape index (κ2) is 4.41. The normalized spacial score (nSPS) is 28.4. The number of carbonyl (C=O) groups is 2. The molecule has 1 fully saturated rings. The average molecular weight is 200 g/mol. The second-order valence-electron chi connectivity index (χ2n) is 3.84. The Bertz CT molecular complexity index is 240. The van der Waals surface area contributed by atoms with Gasteiger partial charge in [-0.3, -0.25) is 9.59 Å². The third-order valence-corrected chi connectivity index (χ3v) is 2.54. The molecule has 0 heterocycles. The van der Waals surface area contributed by atoms with Gasteiger partial charge in [0.15, 0.2) is 0 Å². The minimum Gasteiger partial charge on any atom is -0.481 e. The number of nitrogens with two attached hydrogens (primary N) is 1. The third-order valence-electron chi connectivity index (χ3n) is 2.54. The van der Waals surface area contributed by atoms with Gasteiger partial charge in [0, 0.05) is 6.04 Å². The fourth-order valence-corrected chi connectivity index (χ4v) is 1.67. The average Bonchev–Trinajstić information content (AvgIpc) is 2.52. The number of nitrogens with one attached hydrogen (secondary N) is 1. The van der Waals surface area contributed by atoms with E-state index >= 15 is 0 Å². The first-order valence-corrected chi connectivity index (χ1v) is 4.79. The van der Waals surface area contributed by atoms with Crippen molar-refractivity contribution in [1.29, 1.82) is 0 Å². The number of carboxylic acid groups (broad SMARTS) is 1. The summed E-state index contributed by atoms with van der Waals surface area (Å²) in [6.07, 6.45) is 1.89. The van der Waals surface area contributed by atoms with Crippen LogP contribution in [0, 0.1) is 5.92 Å². The molecule has 5 heteroatoms. The van der Waals surface area contributed by atoms with Gasteiger partial charge in [0.05, 0.1) is 12.0 Å². The standard InChI is InChI=1S/C9H16N2O3/c1-5(10)8(12)11-7-3-2-6(4-7)9(13)14/h5-7H,2-4,10H2,1H3,(H,11,12)(H,13,14)/t5-,6-,7+/m1/s1. The Morgan fingerprint density at radius 3 is 2.57 bits per heavy atom. The van der Waals surface area contributed by atoms with Crippen LogP contribution in [-0.2, 0) is 9.59 Å². The summed E-state index contributed by atoms with van der Waals surface area (Å²) in [5.74, 6) is -1.29. The van der Waals surface area contributed by atoms with Crippen LogP contribution in [0.1, 0.15) is 26.2 Å². The zero-order valence-electron chi connectivity index (χ0n) is 8.19. The molecule has 0 aromatic carbocycles. The maximum Gasteiger partial charge on any atom is 0.306 e. The van der Waals surface area contributed by atoms with E-state index in [1.807, 2.05) is 0 Å². The van der Waals surface area contributed by atoms with Crippen LogP contribution in [0.4, 0.5) is 0 Å². The summed E-state index contributed by atoms with van der Waals surface area (Å²) < 4.78 is 0. The molecule has 0 aromatic heterocycles. The Morgan fingerprint density at radius 1 is 1.50 bits per heavy atom. The molecule has 0 radical (unpaired) electrons. The summed E-state index contributed by atoms with van der Waals surface area (Å²) in [5, 5.41) is 11.5. The van der Waals surface area contributed by atoms with Crippen LogP contribution >= 0.6 is 0 Å². The van der Waals surface area contributed by atoms with Crippen molar-refractivity contribution in [1.82, 2.24) is 5.32 Å². The lowest BCUT2D eigenvalue weighted by Crippen LogP contribution is -2.43. The number of amides is 1. The molecule has 0 aliphatic heterocycles. The predicted octanol–water partition coefficient (Wildman–Crippen LogP) is -0.297. The first-order chi connectivity index (χ1) is 6.50. The van der Waals surface area contributed by atoms with Gasteiger partial charge in [-0.05, 0) is 26.2 Å². The highest BCUT2D eigenvalue weighted by atomic mass is 16.4. The summed E-state index contributed by atoms with van der Waals surface area (Å²) in [4.78, 5) is 21.8.